The minimum absolute atomic E-state index is 0.00890. The number of anilines is 1. The van der Waals surface area contributed by atoms with E-state index in [9.17, 15) is 9.59 Å². The number of rotatable bonds is 10. The Morgan fingerprint density at radius 3 is 2.52 bits per heavy atom. The highest BCUT2D eigenvalue weighted by Gasteiger charge is 2.51. The van der Waals surface area contributed by atoms with Crippen molar-refractivity contribution in [1.29, 1.82) is 0 Å². The molecule has 4 aromatic rings. The molecular weight excluding hydrogens is 676 g/mol. The second-order valence-corrected chi connectivity index (χ2v) is 15.2. The number of hydrogen-bond acceptors (Lipinski definition) is 6. The number of nitrogens with one attached hydrogen (secondary N) is 1. The molecule has 1 amide bonds. The minimum Gasteiger partial charge on any atom is -0.496 e. The van der Waals surface area contributed by atoms with Gasteiger partial charge in [-0.1, -0.05) is 60.5 Å². The summed E-state index contributed by atoms with van der Waals surface area (Å²) in [4.78, 5) is 36.2. The third-order valence-electron chi connectivity index (χ3n) is 11.2. The predicted octanol–water partition coefficient (Wildman–Crippen LogP) is 9.05. The number of fused-ring (bicyclic) bond motifs is 3. The van der Waals surface area contributed by atoms with Crippen molar-refractivity contribution in [2.24, 2.45) is 17.9 Å². The predicted molar refractivity (Wildman–Crippen MR) is 195 cm³/mol. The fraction of sp³-hybridized carbons (Fsp3) is 0.385. The van der Waals surface area contributed by atoms with Gasteiger partial charge in [-0.05, 0) is 73.6 Å². The van der Waals surface area contributed by atoms with Crippen LogP contribution < -0.4 is 10.1 Å². The lowest BCUT2D eigenvalue weighted by Crippen LogP contribution is -2.34. The minimum atomic E-state index is -0.664. The van der Waals surface area contributed by atoms with Crippen molar-refractivity contribution in [2.75, 3.05) is 25.5 Å². The highest BCUT2D eigenvalue weighted by molar-refractivity contribution is 6.39. The Bertz CT molecular complexity index is 2020. The van der Waals surface area contributed by atoms with Crippen molar-refractivity contribution >= 4 is 53.0 Å². The molecule has 7 rings (SSSR count). The largest absolute Gasteiger partial charge is 0.496 e. The third kappa shape index (κ3) is 6.47. The summed E-state index contributed by atoms with van der Waals surface area (Å²) in [6.07, 6.45) is 12.0. The summed E-state index contributed by atoms with van der Waals surface area (Å²) in [5.41, 5.74) is 5.27. The zero-order chi connectivity index (χ0) is 35.2. The SMILES string of the molecule is COc1cc(/C(F)=C/c2cccc(-c3cccc(NC(=O)c4nc5c(n4C)CCN(CCC46CCC(C)(CC4)C6)C5)c3Cl)c2Cl)ncc1C=O. The van der Waals surface area contributed by atoms with Gasteiger partial charge >= 0.3 is 0 Å². The lowest BCUT2D eigenvalue weighted by Gasteiger charge is -2.32. The van der Waals surface area contributed by atoms with Crippen molar-refractivity contribution in [2.45, 2.75) is 58.4 Å². The third-order valence-corrected chi connectivity index (χ3v) is 12.0. The van der Waals surface area contributed by atoms with Gasteiger partial charge in [-0.15, -0.1) is 0 Å². The number of aromatic nitrogens is 3. The summed E-state index contributed by atoms with van der Waals surface area (Å²) >= 11 is 13.7. The van der Waals surface area contributed by atoms with Crippen molar-refractivity contribution in [3.8, 4) is 16.9 Å². The summed E-state index contributed by atoms with van der Waals surface area (Å²) < 4.78 is 22.4. The lowest BCUT2D eigenvalue weighted by atomic mass is 9.80. The molecule has 0 radical (unpaired) electrons. The fourth-order valence-corrected chi connectivity index (χ4v) is 8.85. The van der Waals surface area contributed by atoms with Crippen LogP contribution in [0.5, 0.6) is 5.75 Å². The van der Waals surface area contributed by atoms with Gasteiger partial charge in [0.1, 0.15) is 17.3 Å². The maximum Gasteiger partial charge on any atom is 0.291 e. The second kappa shape index (κ2) is 13.6. The maximum atomic E-state index is 15.3. The van der Waals surface area contributed by atoms with Gasteiger partial charge in [-0.3, -0.25) is 19.5 Å². The smallest absolute Gasteiger partial charge is 0.291 e. The van der Waals surface area contributed by atoms with Crippen LogP contribution in [0.3, 0.4) is 0 Å². The van der Waals surface area contributed by atoms with Crippen LogP contribution in [0.4, 0.5) is 10.1 Å². The van der Waals surface area contributed by atoms with Crippen LogP contribution in [0.25, 0.3) is 23.0 Å². The zero-order valence-electron chi connectivity index (χ0n) is 28.5. The monoisotopic (exact) mass is 715 g/mol. The molecule has 11 heteroatoms. The van der Waals surface area contributed by atoms with E-state index in [1.165, 1.54) is 64.0 Å². The molecule has 2 fully saturated rings. The van der Waals surface area contributed by atoms with Crippen LogP contribution in [0, 0.1) is 10.8 Å². The van der Waals surface area contributed by atoms with E-state index in [1.807, 2.05) is 11.6 Å². The molecule has 0 saturated heterocycles. The van der Waals surface area contributed by atoms with Crippen molar-refractivity contribution in [1.82, 2.24) is 19.4 Å². The standard InChI is InChI=1S/C39H40Cl2FN5O3/c1-38-11-13-39(23-38,14-12-38)15-17-47-16-10-32-31(21-47)44-36(46(32)2)37(49)45-29-9-5-8-27(35(29)41)26-7-4-6-24(34(26)40)18-28(42)30-19-33(50-3)25(22-48)20-43-30/h4-9,18-20,22H,10-17,21,23H2,1-3H3,(H,45,49)/b28-18-. The van der Waals surface area contributed by atoms with Crippen molar-refractivity contribution < 1.29 is 18.7 Å². The Morgan fingerprint density at radius 2 is 1.82 bits per heavy atom. The molecule has 3 aliphatic rings. The van der Waals surface area contributed by atoms with Crippen LogP contribution in [0.1, 0.15) is 89.1 Å². The Kier molecular flexibility index (Phi) is 9.35. The van der Waals surface area contributed by atoms with Gasteiger partial charge in [0.15, 0.2) is 12.1 Å². The lowest BCUT2D eigenvalue weighted by molar-refractivity contribution is 0.101. The average molecular weight is 717 g/mol. The van der Waals surface area contributed by atoms with E-state index in [1.54, 1.807) is 36.4 Å². The molecule has 50 heavy (non-hydrogen) atoms. The first-order valence-electron chi connectivity index (χ1n) is 17.0. The normalized spacial score (nSPS) is 21.7. The molecule has 8 nitrogen and oxygen atoms in total. The molecule has 2 aromatic carbocycles. The molecule has 260 valence electrons. The molecule has 1 aliphatic heterocycles. The number of nitrogens with zero attached hydrogens (tertiary/aromatic N) is 4. The van der Waals surface area contributed by atoms with E-state index < -0.39 is 5.83 Å². The molecule has 2 saturated carbocycles. The van der Waals surface area contributed by atoms with E-state index in [0.29, 0.717) is 50.3 Å². The number of hydrogen-bond donors (Lipinski definition) is 1. The number of imidazole rings is 1. The van der Waals surface area contributed by atoms with Gasteiger partial charge in [0.05, 0.1) is 34.1 Å². The van der Waals surface area contributed by atoms with Crippen LogP contribution in [-0.4, -0.2) is 51.8 Å². The molecule has 2 aromatic heterocycles. The Balaban J connectivity index is 1.07. The summed E-state index contributed by atoms with van der Waals surface area (Å²) in [5.74, 6) is -0.466. The van der Waals surface area contributed by atoms with E-state index in [2.05, 4.69) is 22.1 Å². The first-order valence-corrected chi connectivity index (χ1v) is 17.8. The quantitative estimate of drug-likeness (QED) is 0.165. The van der Waals surface area contributed by atoms with Gasteiger partial charge in [-0.2, -0.15) is 0 Å². The van der Waals surface area contributed by atoms with Crippen molar-refractivity contribution in [3.05, 3.63) is 92.7 Å². The summed E-state index contributed by atoms with van der Waals surface area (Å²) in [6.45, 7) is 5.24. The number of benzene rings is 2. The van der Waals surface area contributed by atoms with Gasteiger partial charge in [-0.25, -0.2) is 9.37 Å². The van der Waals surface area contributed by atoms with E-state index in [4.69, 9.17) is 32.9 Å². The van der Waals surface area contributed by atoms with Gasteiger partial charge in [0.2, 0.25) is 0 Å². The van der Waals surface area contributed by atoms with Crippen molar-refractivity contribution in [3.63, 3.8) is 0 Å². The summed E-state index contributed by atoms with van der Waals surface area (Å²) in [5, 5.41) is 3.52. The molecule has 0 spiro atoms. The van der Waals surface area contributed by atoms with Crippen LogP contribution in [0.15, 0.2) is 48.7 Å². The number of pyridine rings is 1. The Labute approximate surface area is 301 Å². The summed E-state index contributed by atoms with van der Waals surface area (Å²) in [6, 6.07) is 11.8. The number of carbonyl (C=O) groups is 2. The van der Waals surface area contributed by atoms with Crippen LogP contribution in [-0.2, 0) is 20.0 Å². The van der Waals surface area contributed by atoms with E-state index in [-0.39, 0.29) is 27.9 Å². The van der Waals surface area contributed by atoms with Gasteiger partial charge in [0.25, 0.3) is 5.91 Å². The molecule has 2 bridgehead atoms. The first kappa shape index (κ1) is 34.4. The Hall–Kier alpha value is -4.05. The number of halogens is 3. The van der Waals surface area contributed by atoms with Gasteiger partial charge in [0, 0.05) is 55.6 Å². The number of carbonyl (C=O) groups excluding carboxylic acids is 2. The van der Waals surface area contributed by atoms with Crippen LogP contribution >= 0.6 is 23.2 Å². The highest BCUT2D eigenvalue weighted by atomic mass is 35.5. The molecular formula is C39H40Cl2FN5O3. The zero-order valence-corrected chi connectivity index (χ0v) is 30.0. The number of ether oxygens (including phenoxy) is 1. The fourth-order valence-electron chi connectivity index (χ4n) is 8.29. The topological polar surface area (TPSA) is 89.3 Å². The molecule has 3 heterocycles. The van der Waals surface area contributed by atoms with E-state index >= 15 is 4.39 Å². The number of methoxy groups -OCH3 is 1. The molecule has 0 unspecified atom stereocenters. The molecule has 0 atom stereocenters. The second-order valence-electron chi connectivity index (χ2n) is 14.4. The maximum absolute atomic E-state index is 15.3. The number of aldehydes is 1. The highest BCUT2D eigenvalue weighted by Crippen LogP contribution is 2.62. The molecule has 1 N–H and O–H groups in total. The van der Waals surface area contributed by atoms with E-state index in [0.717, 1.165) is 37.4 Å². The van der Waals surface area contributed by atoms with Gasteiger partial charge < -0.3 is 14.6 Å². The van der Waals surface area contributed by atoms with Crippen LogP contribution in [0.2, 0.25) is 10.0 Å². The molecule has 2 aliphatic carbocycles. The number of amides is 1. The first-order chi connectivity index (χ1) is 24.0. The average Bonchev–Trinajstić information content (AvgIpc) is 3.76. The summed E-state index contributed by atoms with van der Waals surface area (Å²) in [7, 11) is 3.29. The Morgan fingerprint density at radius 1 is 1.08 bits per heavy atom.